The average molecular weight is 542 g/mol. The molecule has 0 fully saturated rings. The standard InChI is InChI=1S/C38H27N3O/c42-38(40-39-26-35-33-17-9-7-15-30(33)25-31-16-8-10-18-34(31)35)29-19-21-32(22-20-29)41-36(27-11-3-1-4-12-27)23-24-37(41)28-13-5-2-6-14-28/h1-26H,(H,40,42)/b39-26+. The van der Waals surface area contributed by atoms with Crippen LogP contribution in [0.1, 0.15) is 15.9 Å². The van der Waals surface area contributed by atoms with Crippen LogP contribution >= 0.6 is 0 Å². The van der Waals surface area contributed by atoms with Gasteiger partial charge >= 0.3 is 0 Å². The molecule has 1 amide bonds. The van der Waals surface area contributed by atoms with Gasteiger partial charge in [0.2, 0.25) is 0 Å². The van der Waals surface area contributed by atoms with Crippen molar-refractivity contribution in [2.75, 3.05) is 0 Å². The third kappa shape index (κ3) is 4.76. The van der Waals surface area contributed by atoms with Crippen LogP contribution in [0.5, 0.6) is 0 Å². The molecule has 4 heteroatoms. The highest BCUT2D eigenvalue weighted by atomic mass is 16.2. The van der Waals surface area contributed by atoms with Crippen molar-refractivity contribution in [3.05, 3.63) is 163 Å². The number of carbonyl (C=O) groups is 1. The fourth-order valence-corrected chi connectivity index (χ4v) is 5.55. The summed E-state index contributed by atoms with van der Waals surface area (Å²) in [5, 5.41) is 8.82. The smallest absolute Gasteiger partial charge is 0.271 e. The van der Waals surface area contributed by atoms with Crippen molar-refractivity contribution >= 4 is 33.7 Å². The van der Waals surface area contributed by atoms with Crippen LogP contribution in [0.15, 0.2) is 157 Å². The zero-order chi connectivity index (χ0) is 28.3. The highest BCUT2D eigenvalue weighted by molar-refractivity contribution is 6.13. The van der Waals surface area contributed by atoms with Crippen molar-refractivity contribution in [3.8, 4) is 28.2 Å². The van der Waals surface area contributed by atoms with Crippen LogP contribution in [0, 0.1) is 0 Å². The average Bonchev–Trinajstić information content (AvgIpc) is 3.51. The Labute approximate surface area is 244 Å². The Morgan fingerprint density at radius 3 is 1.62 bits per heavy atom. The Morgan fingerprint density at radius 1 is 0.571 bits per heavy atom. The minimum atomic E-state index is -0.263. The molecule has 42 heavy (non-hydrogen) atoms. The fourth-order valence-electron chi connectivity index (χ4n) is 5.55. The molecule has 0 spiro atoms. The SMILES string of the molecule is O=C(N/N=C/c1c2ccccc2cc2ccccc12)c1ccc(-n2c(-c3ccccc3)ccc2-c2ccccc2)cc1. The van der Waals surface area contributed by atoms with Crippen LogP contribution in [-0.2, 0) is 0 Å². The van der Waals surface area contributed by atoms with Gasteiger partial charge in [0.15, 0.2) is 0 Å². The normalized spacial score (nSPS) is 11.3. The molecule has 4 nitrogen and oxygen atoms in total. The van der Waals surface area contributed by atoms with Gasteiger partial charge in [-0.1, -0.05) is 109 Å². The number of hydrogen-bond donors (Lipinski definition) is 1. The fraction of sp³-hybridized carbons (Fsp3) is 0. The molecule has 7 aromatic rings. The summed E-state index contributed by atoms with van der Waals surface area (Å²) in [5.74, 6) is -0.263. The molecule has 0 radical (unpaired) electrons. The topological polar surface area (TPSA) is 46.4 Å². The number of amides is 1. The van der Waals surface area contributed by atoms with E-state index in [1.807, 2.05) is 84.9 Å². The minimum absolute atomic E-state index is 0.263. The predicted octanol–water partition coefficient (Wildman–Crippen LogP) is 8.88. The van der Waals surface area contributed by atoms with Crippen LogP contribution < -0.4 is 5.43 Å². The Bertz CT molecular complexity index is 1950. The van der Waals surface area contributed by atoms with E-state index in [1.54, 1.807) is 6.21 Å². The van der Waals surface area contributed by atoms with Gasteiger partial charge in [-0.25, -0.2) is 5.43 Å². The summed E-state index contributed by atoms with van der Waals surface area (Å²) in [7, 11) is 0. The second-order valence-electron chi connectivity index (χ2n) is 10.1. The second kappa shape index (κ2) is 11.0. The van der Waals surface area contributed by atoms with Crippen LogP contribution in [0.25, 0.3) is 49.7 Å². The maximum absolute atomic E-state index is 13.1. The molecule has 0 saturated carbocycles. The van der Waals surface area contributed by atoms with Crippen molar-refractivity contribution < 1.29 is 4.79 Å². The molecular formula is C38H27N3O. The van der Waals surface area contributed by atoms with E-state index in [-0.39, 0.29) is 5.91 Å². The Kier molecular flexibility index (Phi) is 6.63. The maximum atomic E-state index is 13.1. The van der Waals surface area contributed by atoms with Gasteiger partial charge in [-0.3, -0.25) is 4.79 Å². The van der Waals surface area contributed by atoms with Crippen molar-refractivity contribution in [1.29, 1.82) is 0 Å². The monoisotopic (exact) mass is 541 g/mol. The number of rotatable bonds is 6. The van der Waals surface area contributed by atoms with Gasteiger partial charge in [-0.05, 0) is 75.1 Å². The largest absolute Gasteiger partial charge is 0.309 e. The van der Waals surface area contributed by atoms with Gasteiger partial charge in [0.25, 0.3) is 5.91 Å². The first kappa shape index (κ1) is 25.2. The first-order valence-corrected chi connectivity index (χ1v) is 13.9. The van der Waals surface area contributed by atoms with E-state index in [0.29, 0.717) is 5.56 Å². The highest BCUT2D eigenvalue weighted by Crippen LogP contribution is 2.32. The molecule has 200 valence electrons. The summed E-state index contributed by atoms with van der Waals surface area (Å²) in [4.78, 5) is 13.1. The first-order valence-electron chi connectivity index (χ1n) is 13.9. The molecule has 0 unspecified atom stereocenters. The lowest BCUT2D eigenvalue weighted by Crippen LogP contribution is -2.17. The van der Waals surface area contributed by atoms with Crippen LogP contribution in [-0.4, -0.2) is 16.7 Å². The lowest BCUT2D eigenvalue weighted by atomic mass is 9.97. The van der Waals surface area contributed by atoms with Gasteiger partial charge in [0, 0.05) is 16.8 Å². The van der Waals surface area contributed by atoms with E-state index < -0.39 is 0 Å². The molecule has 1 aromatic heterocycles. The summed E-state index contributed by atoms with van der Waals surface area (Å²) in [5.41, 5.74) is 9.63. The Balaban J connectivity index is 1.19. The lowest BCUT2D eigenvalue weighted by Gasteiger charge is -2.15. The van der Waals surface area contributed by atoms with E-state index in [0.717, 1.165) is 55.3 Å². The number of benzene rings is 6. The van der Waals surface area contributed by atoms with Gasteiger partial charge < -0.3 is 4.57 Å². The Morgan fingerprint density at radius 2 is 1.07 bits per heavy atom. The van der Waals surface area contributed by atoms with E-state index in [4.69, 9.17) is 0 Å². The molecule has 1 N–H and O–H groups in total. The number of hydrogen-bond acceptors (Lipinski definition) is 2. The van der Waals surface area contributed by atoms with E-state index in [9.17, 15) is 4.79 Å². The number of hydrazone groups is 1. The number of fused-ring (bicyclic) bond motifs is 2. The van der Waals surface area contributed by atoms with Crippen molar-refractivity contribution in [2.24, 2.45) is 5.10 Å². The third-order valence-electron chi connectivity index (χ3n) is 7.58. The maximum Gasteiger partial charge on any atom is 0.271 e. The number of aromatic nitrogens is 1. The Hall–Kier alpha value is -5.74. The molecule has 0 atom stereocenters. The minimum Gasteiger partial charge on any atom is -0.309 e. The van der Waals surface area contributed by atoms with Gasteiger partial charge in [-0.2, -0.15) is 5.10 Å². The summed E-state index contributed by atoms with van der Waals surface area (Å²) in [6.45, 7) is 0. The zero-order valence-corrected chi connectivity index (χ0v) is 22.8. The molecule has 1 heterocycles. The van der Waals surface area contributed by atoms with Crippen molar-refractivity contribution in [2.45, 2.75) is 0 Å². The van der Waals surface area contributed by atoms with E-state index >= 15 is 0 Å². The second-order valence-corrected chi connectivity index (χ2v) is 10.1. The highest BCUT2D eigenvalue weighted by Gasteiger charge is 2.14. The van der Waals surface area contributed by atoms with Crippen LogP contribution in [0.3, 0.4) is 0 Å². The summed E-state index contributed by atoms with van der Waals surface area (Å²) in [6, 6.07) is 51.2. The summed E-state index contributed by atoms with van der Waals surface area (Å²) >= 11 is 0. The first-order chi connectivity index (χ1) is 20.8. The van der Waals surface area contributed by atoms with Crippen LogP contribution in [0.4, 0.5) is 0 Å². The van der Waals surface area contributed by atoms with Gasteiger partial charge in [-0.15, -0.1) is 0 Å². The predicted molar refractivity (Wildman–Crippen MR) is 173 cm³/mol. The molecule has 0 saturated heterocycles. The van der Waals surface area contributed by atoms with Gasteiger partial charge in [0.1, 0.15) is 0 Å². The van der Waals surface area contributed by atoms with E-state index in [1.165, 1.54) is 0 Å². The van der Waals surface area contributed by atoms with E-state index in [2.05, 4.69) is 81.8 Å². The quantitative estimate of drug-likeness (QED) is 0.128. The molecule has 6 aromatic carbocycles. The molecule has 0 aliphatic rings. The molecule has 0 aliphatic carbocycles. The third-order valence-corrected chi connectivity index (χ3v) is 7.58. The summed E-state index contributed by atoms with van der Waals surface area (Å²) in [6.07, 6.45) is 1.75. The zero-order valence-electron chi connectivity index (χ0n) is 22.8. The van der Waals surface area contributed by atoms with Crippen molar-refractivity contribution in [3.63, 3.8) is 0 Å². The van der Waals surface area contributed by atoms with Gasteiger partial charge in [0.05, 0.1) is 17.6 Å². The molecule has 0 aliphatic heterocycles. The summed E-state index contributed by atoms with van der Waals surface area (Å²) < 4.78 is 2.23. The molecule has 0 bridgehead atoms. The number of nitrogens with zero attached hydrogens (tertiary/aromatic N) is 2. The number of nitrogens with one attached hydrogen (secondary N) is 1. The number of carbonyl (C=O) groups excluding carboxylic acids is 1. The molecular weight excluding hydrogens is 514 g/mol. The molecule has 7 rings (SSSR count). The lowest BCUT2D eigenvalue weighted by molar-refractivity contribution is 0.0955. The van der Waals surface area contributed by atoms with Crippen LogP contribution in [0.2, 0.25) is 0 Å². The van der Waals surface area contributed by atoms with Crippen molar-refractivity contribution in [1.82, 2.24) is 9.99 Å².